The van der Waals surface area contributed by atoms with Crippen LogP contribution in [0, 0.1) is 0 Å². The first-order chi connectivity index (χ1) is 6.81. The van der Waals surface area contributed by atoms with Gasteiger partial charge in [-0.05, 0) is 19.3 Å². The van der Waals surface area contributed by atoms with Gasteiger partial charge in [0.05, 0.1) is 0 Å². The third kappa shape index (κ3) is 1.76. The van der Waals surface area contributed by atoms with Gasteiger partial charge in [0, 0.05) is 24.2 Å². The number of hydrogen-bond donors (Lipinski definition) is 1. The summed E-state index contributed by atoms with van der Waals surface area (Å²) >= 11 is 0. The molecule has 1 aromatic heterocycles. The molecule has 0 bridgehead atoms. The highest BCUT2D eigenvalue weighted by atomic mass is 16.1. The average molecular weight is 194 g/mol. The van der Waals surface area contributed by atoms with Crippen molar-refractivity contribution in [2.24, 2.45) is 0 Å². The molecule has 78 valence electrons. The van der Waals surface area contributed by atoms with E-state index in [9.17, 15) is 4.79 Å². The zero-order chi connectivity index (χ0) is 9.97. The summed E-state index contributed by atoms with van der Waals surface area (Å²) < 4.78 is 1.73. The minimum atomic E-state index is 0.133. The fourth-order valence-corrected chi connectivity index (χ4v) is 2.29. The predicted octanol–water partition coefficient (Wildman–Crippen LogP) is 2.24. The van der Waals surface area contributed by atoms with Crippen molar-refractivity contribution in [2.75, 3.05) is 0 Å². The van der Waals surface area contributed by atoms with E-state index in [-0.39, 0.29) is 5.56 Å². The maximum absolute atomic E-state index is 11.5. The van der Waals surface area contributed by atoms with Crippen LogP contribution in [0.2, 0.25) is 0 Å². The van der Waals surface area contributed by atoms with Gasteiger partial charge in [0.1, 0.15) is 0 Å². The molecule has 0 radical (unpaired) electrons. The van der Waals surface area contributed by atoms with Gasteiger partial charge in [-0.1, -0.05) is 19.8 Å². The largest absolute Gasteiger partial charge is 0.299 e. The summed E-state index contributed by atoms with van der Waals surface area (Å²) in [5.74, 6) is 0.612. The molecule has 3 nitrogen and oxygen atoms in total. The fourth-order valence-electron chi connectivity index (χ4n) is 2.29. The van der Waals surface area contributed by atoms with E-state index < -0.39 is 0 Å². The van der Waals surface area contributed by atoms with Crippen molar-refractivity contribution in [1.82, 2.24) is 9.78 Å². The predicted molar refractivity (Wildman–Crippen MR) is 56.6 cm³/mol. The van der Waals surface area contributed by atoms with Gasteiger partial charge < -0.3 is 0 Å². The second-order valence-corrected chi connectivity index (χ2v) is 4.18. The maximum Gasteiger partial charge on any atom is 0.266 e. The van der Waals surface area contributed by atoms with E-state index in [0.717, 1.165) is 18.7 Å². The molecule has 3 heteroatoms. The van der Waals surface area contributed by atoms with Crippen LogP contribution in [0.3, 0.4) is 0 Å². The molecule has 0 unspecified atom stereocenters. The molecule has 1 fully saturated rings. The number of H-pyrrole nitrogens is 1. The second kappa shape index (κ2) is 4.03. The molecule has 14 heavy (non-hydrogen) atoms. The Bertz CT molecular complexity index is 344. The van der Waals surface area contributed by atoms with E-state index in [0.29, 0.717) is 5.92 Å². The van der Waals surface area contributed by atoms with Crippen LogP contribution in [-0.4, -0.2) is 9.78 Å². The number of hydrogen-bond acceptors (Lipinski definition) is 1. The lowest BCUT2D eigenvalue weighted by Crippen LogP contribution is -2.15. The van der Waals surface area contributed by atoms with Crippen molar-refractivity contribution < 1.29 is 0 Å². The highest BCUT2D eigenvalue weighted by Crippen LogP contribution is 2.32. The highest BCUT2D eigenvalue weighted by molar-refractivity contribution is 5.08. The Labute approximate surface area is 84.1 Å². The lowest BCUT2D eigenvalue weighted by molar-refractivity contribution is 0.564. The van der Waals surface area contributed by atoms with Crippen molar-refractivity contribution in [2.45, 2.75) is 51.5 Å². The van der Waals surface area contributed by atoms with E-state index in [1.54, 1.807) is 10.7 Å². The van der Waals surface area contributed by atoms with Crippen LogP contribution in [0.5, 0.6) is 0 Å². The van der Waals surface area contributed by atoms with Gasteiger partial charge in [0.15, 0.2) is 0 Å². The lowest BCUT2D eigenvalue weighted by Gasteiger charge is -2.05. The van der Waals surface area contributed by atoms with E-state index in [4.69, 9.17) is 0 Å². The van der Waals surface area contributed by atoms with Gasteiger partial charge in [-0.15, -0.1) is 0 Å². The summed E-state index contributed by atoms with van der Waals surface area (Å²) in [6.07, 6.45) is 6.11. The van der Waals surface area contributed by atoms with Crippen LogP contribution in [-0.2, 0) is 6.54 Å². The number of nitrogens with zero attached hydrogens (tertiary/aromatic N) is 1. The number of rotatable bonds is 3. The van der Waals surface area contributed by atoms with Crippen LogP contribution in [0.4, 0.5) is 0 Å². The first kappa shape index (κ1) is 9.56. The molecule has 0 aliphatic heterocycles. The standard InChI is InChI=1S/C11H18N2O/c1-2-7-13-11(14)8-10(12-13)9-5-3-4-6-9/h8-9,12H,2-7H2,1H3. The molecule has 1 heterocycles. The fraction of sp³-hybridized carbons (Fsp3) is 0.727. The highest BCUT2D eigenvalue weighted by Gasteiger charge is 2.19. The third-order valence-corrected chi connectivity index (χ3v) is 3.05. The molecular weight excluding hydrogens is 176 g/mol. The van der Waals surface area contributed by atoms with Gasteiger partial charge in [-0.25, -0.2) is 0 Å². The molecule has 0 saturated heterocycles. The Balaban J connectivity index is 2.18. The Morgan fingerprint density at radius 1 is 1.50 bits per heavy atom. The number of nitrogens with one attached hydrogen (secondary N) is 1. The van der Waals surface area contributed by atoms with Gasteiger partial charge in [0.2, 0.25) is 0 Å². The summed E-state index contributed by atoms with van der Waals surface area (Å²) in [6.45, 7) is 2.90. The Morgan fingerprint density at radius 3 is 2.86 bits per heavy atom. The lowest BCUT2D eigenvalue weighted by atomic mass is 10.1. The zero-order valence-electron chi connectivity index (χ0n) is 8.75. The van der Waals surface area contributed by atoms with Crippen LogP contribution in [0.25, 0.3) is 0 Å². The first-order valence-electron chi connectivity index (χ1n) is 5.61. The van der Waals surface area contributed by atoms with E-state index in [1.165, 1.54) is 25.7 Å². The monoisotopic (exact) mass is 194 g/mol. The van der Waals surface area contributed by atoms with Crippen molar-refractivity contribution in [3.63, 3.8) is 0 Å². The third-order valence-electron chi connectivity index (χ3n) is 3.05. The minimum Gasteiger partial charge on any atom is -0.299 e. The van der Waals surface area contributed by atoms with Gasteiger partial charge in [-0.3, -0.25) is 14.6 Å². The molecule has 1 aliphatic carbocycles. The normalized spacial score (nSPS) is 17.8. The first-order valence-corrected chi connectivity index (χ1v) is 5.61. The quantitative estimate of drug-likeness (QED) is 0.787. The summed E-state index contributed by atoms with van der Waals surface area (Å²) in [5.41, 5.74) is 1.29. The van der Waals surface area contributed by atoms with Gasteiger partial charge >= 0.3 is 0 Å². The van der Waals surface area contributed by atoms with Crippen LogP contribution in [0.1, 0.15) is 50.6 Å². The minimum absolute atomic E-state index is 0.133. The van der Waals surface area contributed by atoms with E-state index >= 15 is 0 Å². The SMILES string of the molecule is CCCn1[nH]c(C2CCCC2)cc1=O. The van der Waals surface area contributed by atoms with E-state index in [2.05, 4.69) is 12.0 Å². The summed E-state index contributed by atoms with van der Waals surface area (Å²) in [4.78, 5) is 11.5. The maximum atomic E-state index is 11.5. The average Bonchev–Trinajstić information content (AvgIpc) is 2.76. The molecule has 2 rings (SSSR count). The number of aromatic amines is 1. The molecule has 0 atom stereocenters. The van der Waals surface area contributed by atoms with Crippen molar-refractivity contribution in [1.29, 1.82) is 0 Å². The van der Waals surface area contributed by atoms with E-state index in [1.807, 2.05) is 0 Å². The van der Waals surface area contributed by atoms with Crippen molar-refractivity contribution in [3.05, 3.63) is 22.1 Å². The van der Waals surface area contributed by atoms with Gasteiger partial charge in [0.25, 0.3) is 5.56 Å². The molecule has 1 N–H and O–H groups in total. The second-order valence-electron chi connectivity index (χ2n) is 4.18. The van der Waals surface area contributed by atoms with Crippen LogP contribution in [0.15, 0.2) is 10.9 Å². The Kier molecular flexibility index (Phi) is 2.75. The zero-order valence-corrected chi connectivity index (χ0v) is 8.75. The number of aryl methyl sites for hydroxylation is 1. The molecule has 1 aromatic rings. The summed E-state index contributed by atoms with van der Waals surface area (Å²) in [5, 5.41) is 3.23. The number of aromatic nitrogens is 2. The molecule has 1 aliphatic rings. The Hall–Kier alpha value is -0.990. The topological polar surface area (TPSA) is 37.8 Å². The Morgan fingerprint density at radius 2 is 2.21 bits per heavy atom. The van der Waals surface area contributed by atoms with Crippen LogP contribution < -0.4 is 5.56 Å². The summed E-state index contributed by atoms with van der Waals surface area (Å²) in [6, 6.07) is 1.78. The molecule has 0 spiro atoms. The summed E-state index contributed by atoms with van der Waals surface area (Å²) in [7, 11) is 0. The molecule has 1 saturated carbocycles. The van der Waals surface area contributed by atoms with Gasteiger partial charge in [-0.2, -0.15) is 0 Å². The van der Waals surface area contributed by atoms with Crippen LogP contribution >= 0.6 is 0 Å². The smallest absolute Gasteiger partial charge is 0.266 e. The molecule has 0 aromatic carbocycles. The molecular formula is C11H18N2O. The molecule has 0 amide bonds. The van der Waals surface area contributed by atoms with Crippen molar-refractivity contribution >= 4 is 0 Å². The van der Waals surface area contributed by atoms with Crippen molar-refractivity contribution in [3.8, 4) is 0 Å².